The highest BCUT2D eigenvalue weighted by molar-refractivity contribution is 7.92. The van der Waals surface area contributed by atoms with Crippen molar-refractivity contribution in [2.45, 2.75) is 64.1 Å². The fourth-order valence-corrected chi connectivity index (χ4v) is 5.90. The number of carbonyl (C=O) groups is 2. The summed E-state index contributed by atoms with van der Waals surface area (Å²) in [5, 5.41) is 3.62. The lowest BCUT2D eigenvalue weighted by Gasteiger charge is -2.34. The third kappa shape index (κ3) is 7.99. The van der Waals surface area contributed by atoms with Crippen LogP contribution in [0, 0.1) is 6.92 Å². The summed E-state index contributed by atoms with van der Waals surface area (Å²) >= 11 is 12.3. The first-order chi connectivity index (χ1) is 18.7. The van der Waals surface area contributed by atoms with Crippen molar-refractivity contribution in [2.24, 2.45) is 0 Å². The van der Waals surface area contributed by atoms with Crippen LogP contribution in [0.3, 0.4) is 0 Å². The highest BCUT2D eigenvalue weighted by atomic mass is 35.5. The third-order valence-electron chi connectivity index (χ3n) is 6.15. The van der Waals surface area contributed by atoms with Crippen LogP contribution in [0.1, 0.15) is 45.2 Å². The van der Waals surface area contributed by atoms with Crippen LogP contribution in [0.2, 0.25) is 10.0 Å². The molecule has 1 N–H and O–H groups in total. The van der Waals surface area contributed by atoms with Gasteiger partial charge in [0.05, 0.1) is 20.6 Å². The van der Waals surface area contributed by atoms with Gasteiger partial charge in [-0.2, -0.15) is 0 Å². The van der Waals surface area contributed by atoms with E-state index in [1.807, 2.05) is 27.7 Å². The highest BCUT2D eigenvalue weighted by Crippen LogP contribution is 2.27. The number of amides is 2. The number of nitrogens with zero attached hydrogens (tertiary/aromatic N) is 2. The molecule has 0 aliphatic rings. The lowest BCUT2D eigenvalue weighted by atomic mass is 10.1. The van der Waals surface area contributed by atoms with E-state index >= 15 is 0 Å². The molecule has 3 aromatic rings. The summed E-state index contributed by atoms with van der Waals surface area (Å²) in [6.45, 7) is 8.75. The Labute approximate surface area is 247 Å². The van der Waals surface area contributed by atoms with Gasteiger partial charge in [0, 0.05) is 12.1 Å². The number of carbonyl (C=O) groups excluding carboxylic acids is 2. The van der Waals surface area contributed by atoms with Crippen LogP contribution in [-0.4, -0.2) is 43.3 Å². The molecule has 0 saturated carbocycles. The van der Waals surface area contributed by atoms with E-state index in [-0.39, 0.29) is 17.3 Å². The Morgan fingerprint density at radius 1 is 0.925 bits per heavy atom. The number of para-hydroxylation sites is 1. The van der Waals surface area contributed by atoms with Gasteiger partial charge < -0.3 is 10.2 Å². The third-order valence-corrected chi connectivity index (χ3v) is 8.68. The average Bonchev–Trinajstić information content (AvgIpc) is 2.88. The largest absolute Gasteiger partial charge is 0.350 e. The molecule has 0 heterocycles. The van der Waals surface area contributed by atoms with Crippen LogP contribution >= 0.6 is 23.2 Å². The van der Waals surface area contributed by atoms with E-state index < -0.39 is 34.1 Å². The zero-order valence-corrected chi connectivity index (χ0v) is 25.6. The topological polar surface area (TPSA) is 86.8 Å². The van der Waals surface area contributed by atoms with Gasteiger partial charge in [-0.05, 0) is 76.1 Å². The van der Waals surface area contributed by atoms with E-state index in [9.17, 15) is 18.0 Å². The maximum Gasteiger partial charge on any atom is 0.264 e. The fourth-order valence-electron chi connectivity index (χ4n) is 4.17. The Morgan fingerprint density at radius 3 is 2.10 bits per heavy atom. The zero-order chi connectivity index (χ0) is 29.7. The number of halogens is 2. The van der Waals surface area contributed by atoms with Gasteiger partial charge in [0.1, 0.15) is 12.6 Å². The van der Waals surface area contributed by atoms with Crippen LogP contribution in [0.4, 0.5) is 5.69 Å². The molecule has 0 spiro atoms. The second-order valence-corrected chi connectivity index (χ2v) is 13.3. The van der Waals surface area contributed by atoms with Crippen molar-refractivity contribution in [1.82, 2.24) is 10.2 Å². The van der Waals surface area contributed by atoms with Crippen molar-refractivity contribution >= 4 is 50.7 Å². The lowest BCUT2D eigenvalue weighted by molar-refractivity contribution is -0.141. The summed E-state index contributed by atoms with van der Waals surface area (Å²) in [6.07, 6.45) is 0.311. The molecule has 0 aromatic heterocycles. The Morgan fingerprint density at radius 2 is 1.55 bits per heavy atom. The second kappa shape index (κ2) is 13.1. The molecule has 40 heavy (non-hydrogen) atoms. The molecule has 214 valence electrons. The van der Waals surface area contributed by atoms with Crippen molar-refractivity contribution in [3.63, 3.8) is 0 Å². The number of benzene rings is 3. The van der Waals surface area contributed by atoms with Gasteiger partial charge in [-0.25, -0.2) is 8.42 Å². The summed E-state index contributed by atoms with van der Waals surface area (Å²) < 4.78 is 28.8. The molecule has 2 amide bonds. The van der Waals surface area contributed by atoms with Crippen molar-refractivity contribution in [3.8, 4) is 0 Å². The standard InChI is InChI=1S/C30H35Cl2N3O4S/c1-6-27(29(37)33-30(3,4)5)34(19-22-14-17-25(31)26(32)18-22)28(36)20-35(23-10-8-7-9-11-23)40(38,39)24-15-12-21(2)13-16-24/h7-18,27H,6,19-20H2,1-5H3,(H,33,37)/t27-/m1/s1. The molecule has 10 heteroatoms. The number of rotatable bonds is 10. The van der Waals surface area contributed by atoms with E-state index in [2.05, 4.69) is 5.32 Å². The maximum absolute atomic E-state index is 14.1. The van der Waals surface area contributed by atoms with Crippen molar-refractivity contribution in [1.29, 1.82) is 0 Å². The molecule has 0 fully saturated rings. The SMILES string of the molecule is CC[C@H](C(=O)NC(C)(C)C)N(Cc1ccc(Cl)c(Cl)c1)C(=O)CN(c1ccccc1)S(=O)(=O)c1ccc(C)cc1. The predicted molar refractivity (Wildman–Crippen MR) is 161 cm³/mol. The lowest BCUT2D eigenvalue weighted by Crippen LogP contribution is -2.55. The molecule has 0 bridgehead atoms. The number of anilines is 1. The first-order valence-electron chi connectivity index (χ1n) is 12.9. The van der Waals surface area contributed by atoms with Crippen molar-refractivity contribution < 1.29 is 18.0 Å². The van der Waals surface area contributed by atoms with E-state index in [1.54, 1.807) is 67.6 Å². The number of nitrogens with one attached hydrogen (secondary N) is 1. The van der Waals surface area contributed by atoms with Crippen molar-refractivity contribution in [2.75, 3.05) is 10.8 Å². The molecule has 0 radical (unpaired) electrons. The molecule has 3 rings (SSSR count). The first kappa shape index (κ1) is 31.5. The number of hydrogen-bond acceptors (Lipinski definition) is 4. The van der Waals surface area contributed by atoms with E-state index in [1.165, 1.54) is 17.0 Å². The molecule has 0 unspecified atom stereocenters. The van der Waals surface area contributed by atoms with Crippen LogP contribution in [0.25, 0.3) is 0 Å². The van der Waals surface area contributed by atoms with Gasteiger partial charge in [-0.1, -0.05) is 72.1 Å². The average molecular weight is 605 g/mol. The Balaban J connectivity index is 2.06. The molecule has 7 nitrogen and oxygen atoms in total. The van der Waals surface area contributed by atoms with E-state index in [4.69, 9.17) is 23.2 Å². The zero-order valence-electron chi connectivity index (χ0n) is 23.3. The van der Waals surface area contributed by atoms with Gasteiger partial charge >= 0.3 is 0 Å². The van der Waals surface area contributed by atoms with Crippen LogP contribution in [-0.2, 0) is 26.2 Å². The quantitative estimate of drug-likeness (QED) is 0.298. The van der Waals surface area contributed by atoms with Gasteiger partial charge in [0.2, 0.25) is 11.8 Å². The maximum atomic E-state index is 14.1. The summed E-state index contributed by atoms with van der Waals surface area (Å²) in [4.78, 5) is 28.9. The summed E-state index contributed by atoms with van der Waals surface area (Å²) in [5.74, 6) is -0.877. The number of hydrogen-bond donors (Lipinski definition) is 1. The molecule has 0 saturated heterocycles. The minimum absolute atomic E-state index is 0.0268. The fraction of sp³-hybridized carbons (Fsp3) is 0.333. The highest BCUT2D eigenvalue weighted by Gasteiger charge is 2.34. The number of aryl methyl sites for hydroxylation is 1. The van der Waals surface area contributed by atoms with Crippen LogP contribution < -0.4 is 9.62 Å². The summed E-state index contributed by atoms with van der Waals surface area (Å²) in [7, 11) is -4.12. The molecular formula is C30H35Cl2N3O4S. The Hall–Kier alpha value is -3.07. The monoisotopic (exact) mass is 603 g/mol. The first-order valence-corrected chi connectivity index (χ1v) is 15.1. The molecule has 1 atom stereocenters. The van der Waals surface area contributed by atoms with E-state index in [0.717, 1.165) is 9.87 Å². The van der Waals surface area contributed by atoms with Crippen LogP contribution in [0.15, 0.2) is 77.7 Å². The Kier molecular flexibility index (Phi) is 10.3. The van der Waals surface area contributed by atoms with Crippen LogP contribution in [0.5, 0.6) is 0 Å². The minimum Gasteiger partial charge on any atom is -0.350 e. The summed E-state index contributed by atoms with van der Waals surface area (Å²) in [5.41, 5.74) is 1.36. The molecule has 0 aliphatic carbocycles. The molecule has 0 aliphatic heterocycles. The molecular weight excluding hydrogens is 569 g/mol. The van der Waals surface area contributed by atoms with Gasteiger partial charge in [0.15, 0.2) is 0 Å². The van der Waals surface area contributed by atoms with Gasteiger partial charge in [0.25, 0.3) is 10.0 Å². The smallest absolute Gasteiger partial charge is 0.264 e. The predicted octanol–water partition coefficient (Wildman–Crippen LogP) is 6.22. The summed E-state index contributed by atoms with van der Waals surface area (Å²) in [6, 6.07) is 19.0. The minimum atomic E-state index is -4.12. The van der Waals surface area contributed by atoms with Gasteiger partial charge in [-0.3, -0.25) is 13.9 Å². The normalized spacial score (nSPS) is 12.5. The Bertz CT molecular complexity index is 1440. The second-order valence-electron chi connectivity index (χ2n) is 10.6. The molecule has 3 aromatic carbocycles. The van der Waals surface area contributed by atoms with Gasteiger partial charge in [-0.15, -0.1) is 0 Å². The van der Waals surface area contributed by atoms with E-state index in [0.29, 0.717) is 27.7 Å². The number of sulfonamides is 1. The van der Waals surface area contributed by atoms with Crippen molar-refractivity contribution in [3.05, 3.63) is 94.0 Å².